The van der Waals surface area contributed by atoms with Gasteiger partial charge in [-0.3, -0.25) is 14.5 Å². The molecule has 40 heavy (non-hydrogen) atoms. The normalized spacial score (nSPS) is 18.5. The van der Waals surface area contributed by atoms with Gasteiger partial charge in [0.05, 0.1) is 7.11 Å². The second kappa shape index (κ2) is 11.4. The van der Waals surface area contributed by atoms with Gasteiger partial charge in [-0.25, -0.2) is 0 Å². The van der Waals surface area contributed by atoms with Crippen LogP contribution in [0.2, 0.25) is 0 Å². The number of amides is 2. The molecule has 1 fully saturated rings. The SMILES string of the molecule is COc1cccc(C(C(=O)NC2CCCCC2)N(C(=O)C2COc3ccccc3O2)c2ccc3c(c2)OCO3)c1. The Bertz CT molecular complexity index is 1390. The van der Waals surface area contributed by atoms with Crippen LogP contribution in [0, 0.1) is 0 Å². The lowest BCUT2D eigenvalue weighted by Crippen LogP contribution is -2.52. The molecule has 2 heterocycles. The van der Waals surface area contributed by atoms with E-state index in [2.05, 4.69) is 5.32 Å². The highest BCUT2D eigenvalue weighted by Gasteiger charge is 2.40. The molecule has 3 aliphatic rings. The lowest BCUT2D eigenvalue weighted by atomic mass is 9.94. The monoisotopic (exact) mass is 544 g/mol. The van der Waals surface area contributed by atoms with Gasteiger partial charge >= 0.3 is 0 Å². The summed E-state index contributed by atoms with van der Waals surface area (Å²) in [6.07, 6.45) is 4.12. The van der Waals surface area contributed by atoms with Gasteiger partial charge in [0.2, 0.25) is 18.8 Å². The maximum absolute atomic E-state index is 14.4. The van der Waals surface area contributed by atoms with Gasteiger partial charge in [0.1, 0.15) is 18.4 Å². The highest BCUT2D eigenvalue weighted by Crippen LogP contribution is 2.40. The van der Waals surface area contributed by atoms with Crippen LogP contribution in [-0.4, -0.2) is 44.5 Å². The van der Waals surface area contributed by atoms with Gasteiger partial charge in [0, 0.05) is 17.8 Å². The summed E-state index contributed by atoms with van der Waals surface area (Å²) in [5, 5.41) is 3.23. The second-order valence-corrected chi connectivity index (χ2v) is 10.1. The predicted molar refractivity (Wildman–Crippen MR) is 147 cm³/mol. The Hall–Kier alpha value is -4.40. The van der Waals surface area contributed by atoms with E-state index in [0.29, 0.717) is 40.0 Å². The van der Waals surface area contributed by atoms with E-state index in [-0.39, 0.29) is 25.3 Å². The summed E-state index contributed by atoms with van der Waals surface area (Å²) >= 11 is 0. The standard InChI is InChI=1S/C31H32N2O7/c1-36-23-11-7-8-20(16-23)29(30(34)32-21-9-3-2-4-10-21)33(22-14-15-25-27(17-22)39-19-38-25)31(35)28-18-37-24-12-5-6-13-26(24)40-28/h5-8,11-17,21,28-29H,2-4,9-10,18-19H2,1H3,(H,32,34). The molecule has 1 N–H and O–H groups in total. The molecule has 2 atom stereocenters. The number of hydrogen-bond donors (Lipinski definition) is 1. The fourth-order valence-corrected chi connectivity index (χ4v) is 5.49. The molecule has 9 heteroatoms. The smallest absolute Gasteiger partial charge is 0.272 e. The van der Waals surface area contributed by atoms with Gasteiger partial charge < -0.3 is 29.0 Å². The van der Waals surface area contributed by atoms with Crippen LogP contribution in [0.25, 0.3) is 0 Å². The lowest BCUT2D eigenvalue weighted by molar-refractivity contribution is -0.132. The number of nitrogens with one attached hydrogen (secondary N) is 1. The minimum absolute atomic E-state index is 0.00593. The molecule has 0 aromatic heterocycles. The predicted octanol–water partition coefficient (Wildman–Crippen LogP) is 4.79. The average molecular weight is 545 g/mol. The molecule has 1 saturated carbocycles. The van der Waals surface area contributed by atoms with Gasteiger partial charge in [-0.1, -0.05) is 43.5 Å². The summed E-state index contributed by atoms with van der Waals surface area (Å²) in [5.74, 6) is 2.01. The molecular weight excluding hydrogens is 512 g/mol. The fourth-order valence-electron chi connectivity index (χ4n) is 5.49. The van der Waals surface area contributed by atoms with Crippen molar-refractivity contribution in [1.82, 2.24) is 5.32 Å². The van der Waals surface area contributed by atoms with Crippen LogP contribution in [0.5, 0.6) is 28.7 Å². The molecule has 3 aromatic rings. The van der Waals surface area contributed by atoms with E-state index >= 15 is 0 Å². The summed E-state index contributed by atoms with van der Waals surface area (Å²) in [6, 6.07) is 18.7. The van der Waals surface area contributed by atoms with Crippen LogP contribution < -0.4 is 33.9 Å². The number of ether oxygens (including phenoxy) is 5. The van der Waals surface area contributed by atoms with Gasteiger partial charge in [0.25, 0.3) is 5.91 Å². The van der Waals surface area contributed by atoms with E-state index < -0.39 is 18.1 Å². The summed E-state index contributed by atoms with van der Waals surface area (Å²) < 4.78 is 28.6. The van der Waals surface area contributed by atoms with Crippen molar-refractivity contribution in [2.24, 2.45) is 0 Å². The number of carbonyl (C=O) groups excluding carboxylic acids is 2. The Kier molecular flexibility index (Phi) is 7.35. The Morgan fingerprint density at radius 3 is 2.48 bits per heavy atom. The van der Waals surface area contributed by atoms with E-state index in [4.69, 9.17) is 23.7 Å². The molecule has 2 aliphatic heterocycles. The first kappa shape index (κ1) is 25.9. The van der Waals surface area contributed by atoms with E-state index in [1.54, 1.807) is 49.6 Å². The summed E-state index contributed by atoms with van der Waals surface area (Å²) in [5.41, 5.74) is 1.08. The minimum atomic E-state index is -1.01. The Morgan fingerprint density at radius 2 is 1.65 bits per heavy atom. The molecular formula is C31H32N2O7. The Morgan fingerprint density at radius 1 is 0.875 bits per heavy atom. The maximum atomic E-state index is 14.4. The number of hydrogen-bond acceptors (Lipinski definition) is 7. The van der Waals surface area contributed by atoms with E-state index in [1.165, 1.54) is 4.90 Å². The summed E-state index contributed by atoms with van der Waals surface area (Å²) in [6.45, 7) is 0.0938. The van der Waals surface area contributed by atoms with Gasteiger partial charge in [-0.05, 0) is 54.8 Å². The molecule has 0 radical (unpaired) electrons. The molecule has 0 bridgehead atoms. The molecule has 2 amide bonds. The number of anilines is 1. The first-order chi connectivity index (χ1) is 19.6. The van der Waals surface area contributed by atoms with E-state index in [0.717, 1.165) is 32.1 Å². The topological polar surface area (TPSA) is 95.6 Å². The second-order valence-electron chi connectivity index (χ2n) is 10.1. The highest BCUT2D eigenvalue weighted by atomic mass is 16.7. The Labute approximate surface area is 232 Å². The highest BCUT2D eigenvalue weighted by molar-refractivity contribution is 6.04. The zero-order chi connectivity index (χ0) is 27.5. The van der Waals surface area contributed by atoms with Crippen molar-refractivity contribution in [3.8, 4) is 28.7 Å². The average Bonchev–Trinajstić information content (AvgIpc) is 3.48. The van der Waals surface area contributed by atoms with E-state index in [9.17, 15) is 9.59 Å². The lowest BCUT2D eigenvalue weighted by Gasteiger charge is -2.36. The number of carbonyl (C=O) groups is 2. The number of rotatable bonds is 7. The van der Waals surface area contributed by atoms with E-state index in [1.807, 2.05) is 24.3 Å². The molecule has 9 nitrogen and oxygen atoms in total. The van der Waals surface area contributed by atoms with Crippen LogP contribution in [0.15, 0.2) is 66.7 Å². The first-order valence-corrected chi connectivity index (χ1v) is 13.7. The van der Waals surface area contributed by atoms with Gasteiger partial charge in [-0.2, -0.15) is 0 Å². The van der Waals surface area contributed by atoms with Crippen LogP contribution in [0.4, 0.5) is 5.69 Å². The van der Waals surface area contributed by atoms with Crippen molar-refractivity contribution >= 4 is 17.5 Å². The third-order valence-corrected chi connectivity index (χ3v) is 7.52. The van der Waals surface area contributed by atoms with Crippen molar-refractivity contribution in [3.05, 3.63) is 72.3 Å². The van der Waals surface area contributed by atoms with Crippen molar-refractivity contribution in [2.45, 2.75) is 50.3 Å². The van der Waals surface area contributed by atoms with Gasteiger partial charge in [0.15, 0.2) is 23.0 Å². The third kappa shape index (κ3) is 5.23. The third-order valence-electron chi connectivity index (χ3n) is 7.52. The largest absolute Gasteiger partial charge is 0.497 e. The Balaban J connectivity index is 1.42. The van der Waals surface area contributed by atoms with Crippen LogP contribution >= 0.6 is 0 Å². The molecule has 3 aromatic carbocycles. The summed E-state index contributed by atoms with van der Waals surface area (Å²) in [7, 11) is 1.57. The van der Waals surface area contributed by atoms with Crippen LogP contribution in [-0.2, 0) is 9.59 Å². The maximum Gasteiger partial charge on any atom is 0.272 e. The molecule has 1 aliphatic carbocycles. The number of para-hydroxylation sites is 2. The van der Waals surface area contributed by atoms with Crippen LogP contribution in [0.3, 0.4) is 0 Å². The van der Waals surface area contributed by atoms with Crippen molar-refractivity contribution in [1.29, 1.82) is 0 Å². The zero-order valence-electron chi connectivity index (χ0n) is 22.3. The first-order valence-electron chi connectivity index (χ1n) is 13.7. The quantitative estimate of drug-likeness (QED) is 0.457. The molecule has 2 unspecified atom stereocenters. The van der Waals surface area contributed by atoms with Gasteiger partial charge in [-0.15, -0.1) is 0 Å². The molecule has 0 saturated heterocycles. The van der Waals surface area contributed by atoms with Crippen molar-refractivity contribution in [2.75, 3.05) is 25.4 Å². The number of benzene rings is 3. The molecule has 6 rings (SSSR count). The number of methoxy groups -OCH3 is 1. The van der Waals surface area contributed by atoms with Crippen LogP contribution in [0.1, 0.15) is 43.7 Å². The molecule has 208 valence electrons. The van der Waals surface area contributed by atoms with Crippen molar-refractivity contribution in [3.63, 3.8) is 0 Å². The number of fused-ring (bicyclic) bond motifs is 2. The minimum Gasteiger partial charge on any atom is -0.497 e. The molecule has 0 spiro atoms. The zero-order valence-corrected chi connectivity index (χ0v) is 22.3. The number of nitrogens with zero attached hydrogens (tertiary/aromatic N) is 1. The van der Waals surface area contributed by atoms with Crippen molar-refractivity contribution < 1.29 is 33.3 Å². The fraction of sp³-hybridized carbons (Fsp3) is 0.355. The summed E-state index contributed by atoms with van der Waals surface area (Å²) in [4.78, 5) is 30.1.